The van der Waals surface area contributed by atoms with Gasteiger partial charge < -0.3 is 14.1 Å². The van der Waals surface area contributed by atoms with Crippen LogP contribution in [0.1, 0.15) is 40.1 Å². The van der Waals surface area contributed by atoms with Crippen LogP contribution in [0.15, 0.2) is 71.3 Å². The van der Waals surface area contributed by atoms with E-state index in [1.807, 2.05) is 24.1 Å². The summed E-state index contributed by atoms with van der Waals surface area (Å²) < 4.78 is 10.9. The summed E-state index contributed by atoms with van der Waals surface area (Å²) in [6.45, 7) is 2.17. The SMILES string of the molecule is COc1cccc(C[C@@H](C2CCN(C3Cc4ccccc4C3)CC2)N(C)C(=O)c2ccco2)c1. The standard InChI is InChI=1S/C29H34N2O3/c1-30(29(32)28-11-6-16-34-28)27(18-21-7-5-10-26(17-21)33-2)22-12-14-31(15-13-22)25-19-23-8-3-4-9-24(23)20-25/h3-11,16-17,22,25,27H,12-15,18-20H2,1-2H3/t27-/m0/s1. The van der Waals surface area contributed by atoms with Crippen molar-refractivity contribution >= 4 is 5.91 Å². The third-order valence-corrected chi connectivity index (χ3v) is 7.79. The van der Waals surface area contributed by atoms with E-state index in [0.29, 0.717) is 17.7 Å². The molecule has 0 radical (unpaired) electrons. The van der Waals surface area contributed by atoms with Gasteiger partial charge in [-0.1, -0.05) is 36.4 Å². The molecule has 1 atom stereocenters. The summed E-state index contributed by atoms with van der Waals surface area (Å²) in [5, 5.41) is 0. The minimum Gasteiger partial charge on any atom is -0.497 e. The highest BCUT2D eigenvalue weighted by Crippen LogP contribution is 2.32. The number of benzene rings is 2. The van der Waals surface area contributed by atoms with Gasteiger partial charge in [-0.3, -0.25) is 9.69 Å². The molecule has 0 saturated carbocycles. The second-order valence-electron chi connectivity index (χ2n) is 9.72. The highest BCUT2D eigenvalue weighted by Gasteiger charge is 2.35. The Labute approximate surface area is 202 Å². The first-order valence-corrected chi connectivity index (χ1v) is 12.4. The second kappa shape index (κ2) is 10.1. The van der Waals surface area contributed by atoms with E-state index in [0.717, 1.165) is 50.9 Å². The third kappa shape index (κ3) is 4.76. The molecular formula is C29H34N2O3. The van der Waals surface area contributed by atoms with Crippen LogP contribution < -0.4 is 4.74 Å². The van der Waals surface area contributed by atoms with Crippen LogP contribution in [-0.2, 0) is 19.3 Å². The monoisotopic (exact) mass is 458 g/mol. The molecule has 1 saturated heterocycles. The van der Waals surface area contributed by atoms with Gasteiger partial charge in [-0.25, -0.2) is 0 Å². The molecule has 3 aromatic rings. The first-order chi connectivity index (χ1) is 16.6. The van der Waals surface area contributed by atoms with Crippen LogP contribution >= 0.6 is 0 Å². The lowest BCUT2D eigenvalue weighted by atomic mass is 9.84. The molecule has 0 unspecified atom stereocenters. The second-order valence-corrected chi connectivity index (χ2v) is 9.72. The van der Waals surface area contributed by atoms with E-state index in [4.69, 9.17) is 9.15 Å². The fourth-order valence-electron chi connectivity index (χ4n) is 5.85. The Kier molecular flexibility index (Phi) is 6.73. The summed E-state index contributed by atoms with van der Waals surface area (Å²) in [6, 6.07) is 21.3. The average molecular weight is 459 g/mol. The molecule has 2 aliphatic rings. The van der Waals surface area contributed by atoms with E-state index < -0.39 is 0 Å². The van der Waals surface area contributed by atoms with Gasteiger partial charge in [-0.15, -0.1) is 0 Å². The van der Waals surface area contributed by atoms with Crippen LogP contribution in [0.4, 0.5) is 0 Å². The van der Waals surface area contributed by atoms with Crippen LogP contribution in [0.5, 0.6) is 5.75 Å². The predicted octanol–water partition coefficient (Wildman–Crippen LogP) is 4.85. The molecule has 178 valence electrons. The Morgan fingerprint density at radius 2 is 1.79 bits per heavy atom. The zero-order chi connectivity index (χ0) is 23.5. The number of piperidine rings is 1. The van der Waals surface area contributed by atoms with Crippen molar-refractivity contribution in [3.8, 4) is 5.75 Å². The molecule has 2 heterocycles. The molecular weight excluding hydrogens is 424 g/mol. The molecule has 2 aromatic carbocycles. The first kappa shape index (κ1) is 22.7. The number of likely N-dealkylation sites (N-methyl/N-ethyl adjacent to an activating group) is 1. The maximum atomic E-state index is 13.2. The topological polar surface area (TPSA) is 45.9 Å². The summed E-state index contributed by atoms with van der Waals surface area (Å²) in [7, 11) is 3.62. The minimum absolute atomic E-state index is 0.0495. The van der Waals surface area contributed by atoms with Gasteiger partial charge in [0.2, 0.25) is 0 Å². The number of likely N-dealkylation sites (tertiary alicyclic amines) is 1. The number of carbonyl (C=O) groups excluding carboxylic acids is 1. The smallest absolute Gasteiger partial charge is 0.289 e. The van der Waals surface area contributed by atoms with Gasteiger partial charge in [0, 0.05) is 19.1 Å². The van der Waals surface area contributed by atoms with Gasteiger partial charge in [0.05, 0.1) is 13.4 Å². The van der Waals surface area contributed by atoms with Crippen LogP contribution in [0.2, 0.25) is 0 Å². The Hall–Kier alpha value is -3.05. The molecule has 1 aliphatic carbocycles. The van der Waals surface area contributed by atoms with E-state index in [-0.39, 0.29) is 11.9 Å². The summed E-state index contributed by atoms with van der Waals surface area (Å²) in [4.78, 5) is 17.8. The number of ether oxygens (including phenoxy) is 1. The van der Waals surface area contributed by atoms with Crippen molar-refractivity contribution in [1.82, 2.24) is 9.80 Å². The average Bonchev–Trinajstić information content (AvgIpc) is 3.57. The Morgan fingerprint density at radius 1 is 1.06 bits per heavy atom. The first-order valence-electron chi connectivity index (χ1n) is 12.4. The van der Waals surface area contributed by atoms with Crippen molar-refractivity contribution in [2.75, 3.05) is 27.2 Å². The van der Waals surface area contributed by atoms with Gasteiger partial charge in [-0.2, -0.15) is 0 Å². The summed E-state index contributed by atoms with van der Waals surface area (Å²) in [5.41, 5.74) is 4.21. The molecule has 5 heteroatoms. The molecule has 34 heavy (non-hydrogen) atoms. The number of fused-ring (bicyclic) bond motifs is 1. The Balaban J connectivity index is 1.29. The Bertz CT molecular complexity index is 1080. The molecule has 0 spiro atoms. The number of carbonyl (C=O) groups is 1. The number of methoxy groups -OCH3 is 1. The fourth-order valence-corrected chi connectivity index (χ4v) is 5.85. The molecule has 1 aromatic heterocycles. The van der Waals surface area contributed by atoms with E-state index in [1.165, 1.54) is 16.7 Å². The van der Waals surface area contributed by atoms with Crippen molar-refractivity contribution in [3.63, 3.8) is 0 Å². The lowest BCUT2D eigenvalue weighted by Gasteiger charge is -2.41. The molecule has 1 amide bonds. The van der Waals surface area contributed by atoms with Crippen molar-refractivity contribution in [1.29, 1.82) is 0 Å². The number of amides is 1. The number of nitrogens with zero attached hydrogens (tertiary/aromatic N) is 2. The number of furan rings is 1. The van der Waals surface area contributed by atoms with E-state index in [1.54, 1.807) is 25.5 Å². The van der Waals surface area contributed by atoms with Gasteiger partial charge in [0.15, 0.2) is 5.76 Å². The zero-order valence-electron chi connectivity index (χ0n) is 20.2. The largest absolute Gasteiger partial charge is 0.497 e. The minimum atomic E-state index is -0.0495. The van der Waals surface area contributed by atoms with E-state index in [2.05, 4.69) is 41.3 Å². The predicted molar refractivity (Wildman–Crippen MR) is 133 cm³/mol. The molecule has 5 nitrogen and oxygen atoms in total. The van der Waals surface area contributed by atoms with E-state index >= 15 is 0 Å². The van der Waals surface area contributed by atoms with Crippen molar-refractivity contribution in [2.45, 2.75) is 44.2 Å². The quantitative estimate of drug-likeness (QED) is 0.508. The normalized spacial score (nSPS) is 17.9. The highest BCUT2D eigenvalue weighted by molar-refractivity contribution is 5.91. The third-order valence-electron chi connectivity index (χ3n) is 7.79. The number of hydrogen-bond acceptors (Lipinski definition) is 4. The maximum Gasteiger partial charge on any atom is 0.289 e. The van der Waals surface area contributed by atoms with Crippen LogP contribution in [0, 0.1) is 5.92 Å². The zero-order valence-corrected chi connectivity index (χ0v) is 20.2. The number of rotatable bonds is 7. The molecule has 5 rings (SSSR count). The van der Waals surface area contributed by atoms with Crippen LogP contribution in [0.3, 0.4) is 0 Å². The molecule has 1 aliphatic heterocycles. The van der Waals surface area contributed by atoms with Crippen LogP contribution in [0.25, 0.3) is 0 Å². The summed E-state index contributed by atoms with van der Waals surface area (Å²) in [5.74, 6) is 1.65. The highest BCUT2D eigenvalue weighted by atomic mass is 16.5. The molecule has 0 N–H and O–H groups in total. The molecule has 0 bridgehead atoms. The molecule has 1 fully saturated rings. The fraction of sp³-hybridized carbons (Fsp3) is 0.414. The van der Waals surface area contributed by atoms with Crippen LogP contribution in [-0.4, -0.2) is 55.0 Å². The lowest BCUT2D eigenvalue weighted by molar-refractivity contribution is 0.0522. The Morgan fingerprint density at radius 3 is 2.44 bits per heavy atom. The van der Waals surface area contributed by atoms with Gasteiger partial charge in [-0.05, 0) is 92.1 Å². The van der Waals surface area contributed by atoms with Crippen molar-refractivity contribution < 1.29 is 13.9 Å². The number of hydrogen-bond donors (Lipinski definition) is 0. The summed E-state index contributed by atoms with van der Waals surface area (Å²) in [6.07, 6.45) is 6.88. The lowest BCUT2D eigenvalue weighted by Crippen LogP contribution is -2.49. The maximum absolute atomic E-state index is 13.2. The van der Waals surface area contributed by atoms with Gasteiger partial charge in [0.1, 0.15) is 5.75 Å². The summed E-state index contributed by atoms with van der Waals surface area (Å²) >= 11 is 0. The van der Waals surface area contributed by atoms with Gasteiger partial charge >= 0.3 is 0 Å². The van der Waals surface area contributed by atoms with E-state index in [9.17, 15) is 4.79 Å². The van der Waals surface area contributed by atoms with Crippen molar-refractivity contribution in [3.05, 3.63) is 89.4 Å². The van der Waals surface area contributed by atoms with Crippen molar-refractivity contribution in [2.24, 2.45) is 5.92 Å². The van der Waals surface area contributed by atoms with Gasteiger partial charge in [0.25, 0.3) is 5.91 Å².